The molecule has 0 amide bonds. The van der Waals surface area contributed by atoms with E-state index in [0.29, 0.717) is 11.1 Å². The SMILES string of the molecule is O=P(O)(O)OC[C@@H]1C[C@@H](O)[C@H](n2cnc3c(N[C@@H]4c5c(ccc6ccc7ccccc7c56)[C@H](O)[C@@H](O)[C@H]4O)ncnc32)O1. The van der Waals surface area contributed by atoms with Gasteiger partial charge in [0, 0.05) is 6.42 Å². The lowest BCUT2D eigenvalue weighted by molar-refractivity contribution is -0.0766. The Bertz CT molecular complexity index is 1900. The fraction of sp³-hybridized carbons (Fsp3) is 0.321. The van der Waals surface area contributed by atoms with Gasteiger partial charge in [-0.2, -0.15) is 0 Å². The lowest BCUT2D eigenvalue weighted by Crippen LogP contribution is -2.44. The van der Waals surface area contributed by atoms with Gasteiger partial charge in [0.2, 0.25) is 0 Å². The molecule has 7 atom stereocenters. The van der Waals surface area contributed by atoms with E-state index in [4.69, 9.17) is 14.5 Å². The number of fused-ring (bicyclic) bond motifs is 6. The summed E-state index contributed by atoms with van der Waals surface area (Å²) in [5, 5.41) is 50.6. The summed E-state index contributed by atoms with van der Waals surface area (Å²) in [6, 6.07) is 14.5. The second-order valence-corrected chi connectivity index (χ2v) is 12.0. The second kappa shape index (κ2) is 10.6. The summed E-state index contributed by atoms with van der Waals surface area (Å²) in [4.78, 5) is 31.1. The fourth-order valence-corrected chi connectivity index (χ4v) is 6.55. The van der Waals surface area contributed by atoms with Crippen LogP contribution < -0.4 is 5.32 Å². The first-order chi connectivity index (χ1) is 20.6. The molecule has 3 heterocycles. The van der Waals surface area contributed by atoms with E-state index in [2.05, 4.69) is 24.8 Å². The van der Waals surface area contributed by atoms with Crippen LogP contribution in [0.15, 0.2) is 61.2 Å². The predicted octanol–water partition coefficient (Wildman–Crippen LogP) is 1.81. The van der Waals surface area contributed by atoms with E-state index >= 15 is 0 Å². The third kappa shape index (κ3) is 4.86. The Hall–Kier alpha value is -3.56. The largest absolute Gasteiger partial charge is 0.469 e. The number of imidazole rings is 1. The molecule has 0 unspecified atom stereocenters. The number of hydrogen-bond donors (Lipinski definition) is 7. The number of benzene rings is 3. The van der Waals surface area contributed by atoms with Crippen LogP contribution >= 0.6 is 7.82 Å². The van der Waals surface area contributed by atoms with Gasteiger partial charge in [-0.1, -0.05) is 48.5 Å². The molecule has 1 aliphatic carbocycles. The van der Waals surface area contributed by atoms with Gasteiger partial charge in [0.1, 0.15) is 30.7 Å². The number of nitrogens with zero attached hydrogens (tertiary/aromatic N) is 4. The number of rotatable bonds is 6. The monoisotopic (exact) mass is 609 g/mol. The molecule has 0 bridgehead atoms. The zero-order valence-corrected chi connectivity index (χ0v) is 23.3. The average Bonchev–Trinajstić information content (AvgIpc) is 3.59. The minimum atomic E-state index is -4.71. The van der Waals surface area contributed by atoms with Crippen molar-refractivity contribution in [1.29, 1.82) is 0 Å². The van der Waals surface area contributed by atoms with Crippen molar-refractivity contribution in [3.05, 3.63) is 72.3 Å². The Labute approximate surface area is 243 Å². The molecule has 0 saturated carbocycles. The molecule has 3 aromatic carbocycles. The standard InChI is InChI=1S/C28H28N5O9P/c34-18-9-15(10-41-43(38,39)40)42-28(18)33-12-31-22-26(29-11-30-27(22)33)32-21-20-17(23(35)25(37)24(21)36)8-7-14-6-5-13-3-1-2-4-16(13)19(14)20/h1-8,11-12,15,18,21,23-25,28,34-37H,9-10H2,(H,29,30,32)(H2,38,39,40)/t15-,18+,21+,23-,24-,25+,28+/m0/s1. The summed E-state index contributed by atoms with van der Waals surface area (Å²) in [5.41, 5.74) is 1.66. The molecule has 5 aromatic rings. The van der Waals surface area contributed by atoms with Crippen LogP contribution in [0.2, 0.25) is 0 Å². The minimum absolute atomic E-state index is 0.0623. The molecule has 2 aliphatic rings. The van der Waals surface area contributed by atoms with Crippen LogP contribution in [-0.2, 0) is 13.8 Å². The van der Waals surface area contributed by atoms with Crippen LogP contribution in [0.4, 0.5) is 5.82 Å². The topological polar surface area (TPSA) is 213 Å². The lowest BCUT2D eigenvalue weighted by atomic mass is 9.78. The maximum absolute atomic E-state index is 11.3. The summed E-state index contributed by atoms with van der Waals surface area (Å²) >= 11 is 0. The number of phosphoric ester groups is 1. The second-order valence-electron chi connectivity index (χ2n) is 10.8. The molecule has 0 radical (unpaired) electrons. The first-order valence-electron chi connectivity index (χ1n) is 13.6. The highest BCUT2D eigenvalue weighted by Crippen LogP contribution is 2.45. The Kier molecular flexibility index (Phi) is 6.93. The van der Waals surface area contributed by atoms with Crippen LogP contribution in [0.5, 0.6) is 0 Å². The first-order valence-corrected chi connectivity index (χ1v) is 15.1. The van der Waals surface area contributed by atoms with Crippen molar-refractivity contribution in [2.45, 2.75) is 49.2 Å². The van der Waals surface area contributed by atoms with Crippen molar-refractivity contribution in [1.82, 2.24) is 19.5 Å². The summed E-state index contributed by atoms with van der Waals surface area (Å²) in [7, 11) is -4.71. The van der Waals surface area contributed by atoms with Gasteiger partial charge in [-0.3, -0.25) is 9.09 Å². The number of anilines is 1. The molecule has 7 N–H and O–H groups in total. The zero-order valence-electron chi connectivity index (χ0n) is 22.4. The van der Waals surface area contributed by atoms with Gasteiger partial charge in [0.05, 0.1) is 25.1 Å². The van der Waals surface area contributed by atoms with Crippen molar-refractivity contribution in [3.8, 4) is 0 Å². The Morgan fingerprint density at radius 1 is 0.977 bits per heavy atom. The number of hydrogen-bond acceptors (Lipinski definition) is 11. The summed E-state index contributed by atoms with van der Waals surface area (Å²) < 4.78 is 22.9. The molecule has 15 heteroatoms. The maximum atomic E-state index is 11.3. The van der Waals surface area contributed by atoms with Gasteiger partial charge in [-0.25, -0.2) is 19.5 Å². The van der Waals surface area contributed by atoms with Crippen LogP contribution in [0.1, 0.15) is 35.9 Å². The number of aliphatic hydroxyl groups is 4. The van der Waals surface area contributed by atoms with Crippen molar-refractivity contribution in [3.63, 3.8) is 0 Å². The Balaban J connectivity index is 1.28. The molecule has 0 spiro atoms. The Morgan fingerprint density at radius 2 is 1.74 bits per heavy atom. The van der Waals surface area contributed by atoms with Gasteiger partial charge in [-0.05, 0) is 32.7 Å². The number of phosphoric acid groups is 1. The Morgan fingerprint density at radius 3 is 2.56 bits per heavy atom. The van der Waals surface area contributed by atoms with Gasteiger partial charge in [0.15, 0.2) is 23.2 Å². The number of aliphatic hydroxyl groups excluding tert-OH is 4. The molecule has 7 rings (SSSR count). The molecule has 1 saturated heterocycles. The van der Waals surface area contributed by atoms with E-state index in [1.54, 1.807) is 6.07 Å². The van der Waals surface area contributed by atoms with Crippen LogP contribution in [0, 0.1) is 0 Å². The molecule has 224 valence electrons. The maximum Gasteiger partial charge on any atom is 0.469 e. The van der Waals surface area contributed by atoms with E-state index in [1.807, 2.05) is 42.5 Å². The highest BCUT2D eigenvalue weighted by atomic mass is 31.2. The zero-order chi connectivity index (χ0) is 30.0. The smallest absolute Gasteiger partial charge is 0.388 e. The number of nitrogens with one attached hydrogen (secondary N) is 1. The van der Waals surface area contributed by atoms with Gasteiger partial charge in [-0.15, -0.1) is 0 Å². The molecule has 14 nitrogen and oxygen atoms in total. The highest BCUT2D eigenvalue weighted by Gasteiger charge is 2.43. The summed E-state index contributed by atoms with van der Waals surface area (Å²) in [6.45, 7) is -0.415. The van der Waals surface area contributed by atoms with E-state index in [0.717, 1.165) is 21.5 Å². The van der Waals surface area contributed by atoms with Gasteiger partial charge >= 0.3 is 7.82 Å². The van der Waals surface area contributed by atoms with E-state index in [9.17, 15) is 25.0 Å². The number of aromatic nitrogens is 4. The number of ether oxygens (including phenoxy) is 1. The summed E-state index contributed by atoms with van der Waals surface area (Å²) in [5.74, 6) is 0.230. The average molecular weight is 610 g/mol. The molecule has 1 fully saturated rings. The van der Waals surface area contributed by atoms with Crippen LogP contribution in [-0.4, -0.2) is 80.8 Å². The van der Waals surface area contributed by atoms with Crippen molar-refractivity contribution in [2.24, 2.45) is 0 Å². The highest BCUT2D eigenvalue weighted by molar-refractivity contribution is 7.46. The van der Waals surface area contributed by atoms with Crippen molar-refractivity contribution >= 4 is 46.3 Å². The minimum Gasteiger partial charge on any atom is -0.388 e. The third-order valence-corrected chi connectivity index (χ3v) is 8.63. The van der Waals surface area contributed by atoms with Crippen molar-refractivity contribution < 1.29 is 44.0 Å². The molecule has 43 heavy (non-hydrogen) atoms. The molecular formula is C28H28N5O9P. The van der Waals surface area contributed by atoms with Gasteiger partial charge < -0.3 is 40.3 Å². The normalized spacial score (nSPS) is 27.6. The van der Waals surface area contributed by atoms with E-state index < -0.39 is 57.2 Å². The van der Waals surface area contributed by atoms with E-state index in [1.165, 1.54) is 17.2 Å². The first kappa shape index (κ1) is 28.2. The van der Waals surface area contributed by atoms with E-state index in [-0.39, 0.29) is 23.4 Å². The molecule has 2 aromatic heterocycles. The molecule has 1 aliphatic heterocycles. The summed E-state index contributed by atoms with van der Waals surface area (Å²) in [6.07, 6.45) is -4.28. The van der Waals surface area contributed by atoms with Crippen molar-refractivity contribution in [2.75, 3.05) is 11.9 Å². The van der Waals surface area contributed by atoms with Gasteiger partial charge in [0.25, 0.3) is 0 Å². The lowest BCUT2D eigenvalue weighted by Gasteiger charge is -2.38. The van der Waals surface area contributed by atoms with Crippen LogP contribution in [0.3, 0.4) is 0 Å². The van der Waals surface area contributed by atoms with Crippen LogP contribution in [0.25, 0.3) is 32.7 Å². The molecular weight excluding hydrogens is 581 g/mol. The fourth-order valence-electron chi connectivity index (χ4n) is 6.19. The predicted molar refractivity (Wildman–Crippen MR) is 153 cm³/mol. The quantitative estimate of drug-likeness (QED) is 0.108. The third-order valence-electron chi connectivity index (χ3n) is 8.15.